The maximum atomic E-state index is 12.8. The molecule has 0 saturated heterocycles. The molecule has 3 aromatic rings. The minimum absolute atomic E-state index is 0.0567. The Morgan fingerprint density at radius 1 is 1.29 bits per heavy atom. The molecule has 0 amide bonds. The van der Waals surface area contributed by atoms with Gasteiger partial charge in [-0.2, -0.15) is 0 Å². The van der Waals surface area contributed by atoms with E-state index in [0.717, 1.165) is 9.13 Å². The first-order valence-electron chi connectivity index (χ1n) is 6.97. The fraction of sp³-hybridized carbons (Fsp3) is 0.133. The molecule has 24 heavy (non-hydrogen) atoms. The average Bonchev–Trinajstić information content (AvgIpc) is 3.13. The van der Waals surface area contributed by atoms with Crippen molar-refractivity contribution in [2.24, 2.45) is 0 Å². The number of sulfonamides is 1. The molecule has 0 fully saturated rings. The summed E-state index contributed by atoms with van der Waals surface area (Å²) in [7, 11) is -3.90. The lowest BCUT2D eigenvalue weighted by molar-refractivity contribution is 0.348. The minimum atomic E-state index is -3.90. The van der Waals surface area contributed by atoms with E-state index >= 15 is 0 Å². The molecule has 2 aromatic carbocycles. The van der Waals surface area contributed by atoms with Crippen molar-refractivity contribution >= 4 is 61.0 Å². The van der Waals surface area contributed by atoms with Crippen LogP contribution in [0, 0.1) is 3.57 Å². The molecule has 0 atom stereocenters. The van der Waals surface area contributed by atoms with Crippen molar-refractivity contribution in [3.8, 4) is 5.75 Å². The van der Waals surface area contributed by atoms with Gasteiger partial charge in [0.2, 0.25) is 0 Å². The number of halogens is 2. The van der Waals surface area contributed by atoms with E-state index in [1.165, 1.54) is 0 Å². The Kier molecular flexibility index (Phi) is 3.85. The first-order valence-corrected chi connectivity index (χ1v) is 9.91. The van der Waals surface area contributed by atoms with Crippen molar-refractivity contribution in [1.29, 1.82) is 0 Å². The van der Waals surface area contributed by atoms with E-state index in [0.29, 0.717) is 34.8 Å². The second-order valence-corrected chi connectivity index (χ2v) is 8.54. The van der Waals surface area contributed by atoms with Gasteiger partial charge in [-0.25, -0.2) is 8.42 Å². The smallest absolute Gasteiger partial charge is 0.266 e. The summed E-state index contributed by atoms with van der Waals surface area (Å²) in [6.07, 6.45) is 0.688. The van der Waals surface area contributed by atoms with Gasteiger partial charge in [0.1, 0.15) is 10.6 Å². The summed E-state index contributed by atoms with van der Waals surface area (Å²) >= 11 is 8.22. The van der Waals surface area contributed by atoms with Crippen LogP contribution < -0.4 is 9.46 Å². The highest BCUT2D eigenvalue weighted by atomic mass is 127. The molecule has 4 rings (SSSR count). The number of nitrogens with one attached hydrogen (secondary N) is 1. The minimum Gasteiger partial charge on any atom is -0.492 e. The Hall–Kier alpha value is -1.52. The van der Waals surface area contributed by atoms with Gasteiger partial charge < -0.3 is 9.26 Å². The number of fused-ring (bicyclic) bond motifs is 2. The van der Waals surface area contributed by atoms with Crippen molar-refractivity contribution in [3.05, 3.63) is 44.5 Å². The Labute approximate surface area is 156 Å². The lowest BCUT2D eigenvalue weighted by Crippen LogP contribution is -2.14. The van der Waals surface area contributed by atoms with Crippen LogP contribution in [0.1, 0.15) is 5.56 Å². The van der Waals surface area contributed by atoms with E-state index in [-0.39, 0.29) is 10.7 Å². The molecule has 0 saturated carbocycles. The zero-order valence-corrected chi connectivity index (χ0v) is 15.8. The van der Waals surface area contributed by atoms with Gasteiger partial charge >= 0.3 is 0 Å². The predicted molar refractivity (Wildman–Crippen MR) is 98.2 cm³/mol. The SMILES string of the molecule is O=S(=O)(Nc1noc2cccc(Cl)c12)c1cc(I)cc2c1OCC2. The quantitative estimate of drug-likeness (QED) is 0.581. The normalized spacial score (nSPS) is 13.8. The van der Waals surface area contributed by atoms with E-state index in [4.69, 9.17) is 20.9 Å². The van der Waals surface area contributed by atoms with Gasteiger partial charge in [0.25, 0.3) is 10.0 Å². The fourth-order valence-corrected chi connectivity index (χ4v) is 5.01. The lowest BCUT2D eigenvalue weighted by atomic mass is 10.2. The third-order valence-electron chi connectivity index (χ3n) is 3.68. The maximum absolute atomic E-state index is 12.8. The Balaban J connectivity index is 1.82. The molecule has 124 valence electrons. The van der Waals surface area contributed by atoms with Gasteiger partial charge in [-0.05, 0) is 52.4 Å². The van der Waals surface area contributed by atoms with Crippen LogP contribution in [0.2, 0.25) is 5.02 Å². The van der Waals surface area contributed by atoms with Crippen LogP contribution in [-0.4, -0.2) is 20.2 Å². The molecule has 0 aliphatic carbocycles. The summed E-state index contributed by atoms with van der Waals surface area (Å²) in [5.41, 5.74) is 1.29. The second kappa shape index (κ2) is 5.78. The first kappa shape index (κ1) is 16.0. The average molecular weight is 477 g/mol. The molecule has 1 aliphatic heterocycles. The Morgan fingerprint density at radius 2 is 2.12 bits per heavy atom. The van der Waals surface area contributed by atoms with Crippen molar-refractivity contribution in [3.63, 3.8) is 0 Å². The van der Waals surface area contributed by atoms with Crippen molar-refractivity contribution < 1.29 is 17.7 Å². The lowest BCUT2D eigenvalue weighted by Gasteiger charge is -2.10. The van der Waals surface area contributed by atoms with Crippen LogP contribution in [0.3, 0.4) is 0 Å². The molecule has 1 aromatic heterocycles. The Morgan fingerprint density at radius 3 is 2.96 bits per heavy atom. The zero-order chi connectivity index (χ0) is 16.9. The number of aromatic nitrogens is 1. The van der Waals surface area contributed by atoms with Crippen LogP contribution in [-0.2, 0) is 16.4 Å². The topological polar surface area (TPSA) is 81.4 Å². The summed E-state index contributed by atoms with van der Waals surface area (Å²) < 4.78 is 39.6. The van der Waals surface area contributed by atoms with Gasteiger partial charge in [-0.1, -0.05) is 22.8 Å². The molecule has 1 aliphatic rings. The van der Waals surface area contributed by atoms with Crippen molar-refractivity contribution in [2.45, 2.75) is 11.3 Å². The highest BCUT2D eigenvalue weighted by Gasteiger charge is 2.28. The van der Waals surface area contributed by atoms with Crippen molar-refractivity contribution in [1.82, 2.24) is 5.16 Å². The Bertz CT molecular complexity index is 1060. The van der Waals surface area contributed by atoms with Gasteiger partial charge in [0, 0.05) is 9.99 Å². The van der Waals surface area contributed by atoms with E-state index in [9.17, 15) is 8.42 Å². The largest absolute Gasteiger partial charge is 0.492 e. The third-order valence-corrected chi connectivity index (χ3v) is 5.96. The highest BCUT2D eigenvalue weighted by molar-refractivity contribution is 14.1. The first-order chi connectivity index (χ1) is 11.5. The summed E-state index contributed by atoms with van der Waals surface area (Å²) in [5.74, 6) is 0.447. The molecule has 1 N–H and O–H groups in total. The number of anilines is 1. The summed E-state index contributed by atoms with van der Waals surface area (Å²) in [4.78, 5) is 0.0881. The third kappa shape index (κ3) is 2.62. The molecule has 9 heteroatoms. The number of hydrogen-bond acceptors (Lipinski definition) is 5. The van der Waals surface area contributed by atoms with Crippen LogP contribution in [0.25, 0.3) is 11.0 Å². The fourth-order valence-electron chi connectivity index (χ4n) is 2.64. The van der Waals surface area contributed by atoms with Gasteiger partial charge in [-0.3, -0.25) is 4.72 Å². The van der Waals surface area contributed by atoms with E-state index in [1.807, 2.05) is 6.07 Å². The van der Waals surface area contributed by atoms with E-state index in [1.54, 1.807) is 24.3 Å². The molecule has 0 unspecified atom stereocenters. The van der Waals surface area contributed by atoms with Crippen LogP contribution in [0.15, 0.2) is 39.8 Å². The van der Waals surface area contributed by atoms with Crippen molar-refractivity contribution in [2.75, 3.05) is 11.3 Å². The number of rotatable bonds is 3. The van der Waals surface area contributed by atoms with Crippen LogP contribution in [0.4, 0.5) is 5.82 Å². The summed E-state index contributed by atoms with van der Waals surface area (Å²) in [6, 6.07) is 8.50. The molecule has 2 heterocycles. The number of hydrogen-bond donors (Lipinski definition) is 1. The predicted octanol–water partition coefficient (Wildman–Crippen LogP) is 3.82. The van der Waals surface area contributed by atoms with E-state index < -0.39 is 10.0 Å². The number of ether oxygens (including phenoxy) is 1. The molecular formula is C15H10ClIN2O4S. The molecule has 0 spiro atoms. The molecule has 6 nitrogen and oxygen atoms in total. The molecule has 0 bridgehead atoms. The van der Waals surface area contributed by atoms with E-state index in [2.05, 4.69) is 32.5 Å². The highest BCUT2D eigenvalue weighted by Crippen LogP contribution is 2.37. The zero-order valence-electron chi connectivity index (χ0n) is 12.0. The van der Waals surface area contributed by atoms with Crippen LogP contribution in [0.5, 0.6) is 5.75 Å². The summed E-state index contributed by atoms with van der Waals surface area (Å²) in [5, 5.41) is 4.57. The maximum Gasteiger partial charge on any atom is 0.266 e. The summed E-state index contributed by atoms with van der Waals surface area (Å²) in [6.45, 7) is 0.469. The second-order valence-electron chi connectivity index (χ2n) is 5.24. The standard InChI is InChI=1S/C15H10ClIN2O4S/c16-10-2-1-3-11-13(10)15(18-23-11)19-24(20,21)12-7-9(17)6-8-4-5-22-14(8)12/h1-3,6-7H,4-5H2,(H,18,19). The number of nitrogens with zero attached hydrogens (tertiary/aromatic N) is 1. The number of benzene rings is 2. The monoisotopic (exact) mass is 476 g/mol. The van der Waals surface area contributed by atoms with Gasteiger partial charge in [-0.15, -0.1) is 0 Å². The van der Waals surface area contributed by atoms with Gasteiger partial charge in [0.05, 0.1) is 17.0 Å². The van der Waals surface area contributed by atoms with Gasteiger partial charge in [0.15, 0.2) is 11.4 Å². The molecule has 0 radical (unpaired) electrons. The molecular weight excluding hydrogens is 467 g/mol. The van der Waals surface area contributed by atoms with Crippen LogP contribution >= 0.6 is 34.2 Å².